The van der Waals surface area contributed by atoms with Crippen LogP contribution in [0.4, 0.5) is 0 Å². The highest BCUT2D eigenvalue weighted by atomic mass is 16.2. The molecule has 6 heteroatoms. The fourth-order valence-electron chi connectivity index (χ4n) is 2.36. The zero-order valence-corrected chi connectivity index (χ0v) is 10.4. The van der Waals surface area contributed by atoms with Crippen LogP contribution in [0.1, 0.15) is 54.5 Å². The van der Waals surface area contributed by atoms with Crippen LogP contribution in [0.5, 0.6) is 0 Å². The summed E-state index contributed by atoms with van der Waals surface area (Å²) in [5, 5.41) is 13.1. The van der Waals surface area contributed by atoms with Gasteiger partial charge in [0.15, 0.2) is 0 Å². The second-order valence-electron chi connectivity index (χ2n) is 5.16. The molecule has 18 heavy (non-hydrogen) atoms. The molecular formula is C12H19N5O. The number of nitrogens with one attached hydrogen (secondary N) is 3. The Labute approximate surface area is 106 Å². The fourth-order valence-corrected chi connectivity index (χ4v) is 2.36. The van der Waals surface area contributed by atoms with Gasteiger partial charge in [-0.3, -0.25) is 9.89 Å². The highest BCUT2D eigenvalue weighted by Crippen LogP contribution is 2.37. The summed E-state index contributed by atoms with van der Waals surface area (Å²) in [7, 11) is 0. The summed E-state index contributed by atoms with van der Waals surface area (Å²) < 4.78 is 0. The first-order chi connectivity index (χ1) is 8.83. The van der Waals surface area contributed by atoms with Gasteiger partial charge in [-0.25, -0.2) is 4.98 Å². The highest BCUT2D eigenvalue weighted by molar-refractivity contribution is 5.90. The lowest BCUT2D eigenvalue weighted by Gasteiger charge is -2.09. The second-order valence-corrected chi connectivity index (χ2v) is 5.16. The lowest BCUT2D eigenvalue weighted by molar-refractivity contribution is 0.0942. The van der Waals surface area contributed by atoms with Crippen LogP contribution in [0.25, 0.3) is 0 Å². The summed E-state index contributed by atoms with van der Waals surface area (Å²) in [5.41, 5.74) is 0. The maximum absolute atomic E-state index is 11.8. The predicted molar refractivity (Wildman–Crippen MR) is 66.3 cm³/mol. The summed E-state index contributed by atoms with van der Waals surface area (Å²) in [6.07, 6.45) is 5.74. The minimum atomic E-state index is -0.170. The minimum Gasteiger partial charge on any atom is -0.349 e. The molecule has 1 unspecified atom stereocenters. The molecule has 1 saturated carbocycles. The standard InChI is InChI=1S/C12H19N5O/c18-12(14-7-5-9-2-1-6-13-9)11-15-10(16-17-11)8-3-4-8/h8-9,13H,1-7H2,(H,14,18)(H,15,16,17). The smallest absolute Gasteiger partial charge is 0.290 e. The molecule has 1 saturated heterocycles. The van der Waals surface area contributed by atoms with Crippen LogP contribution >= 0.6 is 0 Å². The van der Waals surface area contributed by atoms with E-state index in [1.54, 1.807) is 0 Å². The van der Waals surface area contributed by atoms with Crippen molar-refractivity contribution in [1.82, 2.24) is 25.8 Å². The van der Waals surface area contributed by atoms with Crippen molar-refractivity contribution in [1.29, 1.82) is 0 Å². The lowest BCUT2D eigenvalue weighted by atomic mass is 10.1. The molecule has 0 radical (unpaired) electrons. The lowest BCUT2D eigenvalue weighted by Crippen LogP contribution is -2.31. The molecule has 0 spiro atoms. The number of aromatic amines is 1. The van der Waals surface area contributed by atoms with Gasteiger partial charge in [0.25, 0.3) is 5.91 Å². The number of hydrogen-bond donors (Lipinski definition) is 3. The Morgan fingerprint density at radius 1 is 1.39 bits per heavy atom. The van der Waals surface area contributed by atoms with Crippen molar-refractivity contribution < 1.29 is 4.79 Å². The molecule has 0 bridgehead atoms. The zero-order chi connectivity index (χ0) is 12.4. The van der Waals surface area contributed by atoms with Gasteiger partial charge in [0.05, 0.1) is 0 Å². The van der Waals surface area contributed by atoms with Gasteiger partial charge in [-0.05, 0) is 38.6 Å². The Morgan fingerprint density at radius 2 is 2.28 bits per heavy atom. The van der Waals surface area contributed by atoms with Crippen LogP contribution in [0, 0.1) is 0 Å². The SMILES string of the molecule is O=C(NCCC1CCCN1)c1n[nH]c(C2CC2)n1. The van der Waals surface area contributed by atoms with Crippen LogP contribution in [0.2, 0.25) is 0 Å². The number of nitrogens with zero attached hydrogens (tertiary/aromatic N) is 2. The van der Waals surface area contributed by atoms with Gasteiger partial charge in [0.1, 0.15) is 5.82 Å². The third-order valence-electron chi connectivity index (χ3n) is 3.61. The first-order valence-electron chi connectivity index (χ1n) is 6.77. The summed E-state index contributed by atoms with van der Waals surface area (Å²) in [6, 6.07) is 0.555. The highest BCUT2D eigenvalue weighted by Gasteiger charge is 2.28. The molecule has 2 fully saturated rings. The van der Waals surface area contributed by atoms with Crippen molar-refractivity contribution in [2.45, 2.75) is 44.1 Å². The molecule has 1 aromatic heterocycles. The molecular weight excluding hydrogens is 230 g/mol. The normalized spacial score (nSPS) is 23.2. The van der Waals surface area contributed by atoms with E-state index < -0.39 is 0 Å². The van der Waals surface area contributed by atoms with Crippen LogP contribution in [0.15, 0.2) is 0 Å². The number of H-pyrrole nitrogens is 1. The Morgan fingerprint density at radius 3 is 3.00 bits per heavy atom. The molecule has 1 aromatic rings. The van der Waals surface area contributed by atoms with Gasteiger partial charge in [0.2, 0.25) is 5.82 Å². The minimum absolute atomic E-state index is 0.170. The van der Waals surface area contributed by atoms with Gasteiger partial charge in [0, 0.05) is 18.5 Å². The number of rotatable bonds is 5. The summed E-state index contributed by atoms with van der Waals surface area (Å²) in [5.74, 6) is 1.46. The van der Waals surface area contributed by atoms with Crippen LogP contribution < -0.4 is 10.6 Å². The largest absolute Gasteiger partial charge is 0.349 e. The molecule has 1 aliphatic carbocycles. The third kappa shape index (κ3) is 2.69. The van der Waals surface area contributed by atoms with Gasteiger partial charge < -0.3 is 10.6 Å². The Hall–Kier alpha value is -1.43. The molecule has 2 heterocycles. The van der Waals surface area contributed by atoms with Gasteiger partial charge in [-0.15, -0.1) is 5.10 Å². The quantitative estimate of drug-likeness (QED) is 0.712. The maximum atomic E-state index is 11.8. The van der Waals surface area contributed by atoms with Gasteiger partial charge in [-0.1, -0.05) is 0 Å². The molecule has 1 atom stereocenters. The molecule has 0 aromatic carbocycles. The Kier molecular flexibility index (Phi) is 3.27. The molecule has 1 amide bonds. The number of amides is 1. The monoisotopic (exact) mass is 249 g/mol. The molecule has 2 aliphatic rings. The second kappa shape index (κ2) is 5.06. The molecule has 3 rings (SSSR count). The predicted octanol–water partition coefficient (Wildman–Crippen LogP) is 0.554. The number of carbonyl (C=O) groups excluding carboxylic acids is 1. The van der Waals surface area contributed by atoms with E-state index in [1.807, 2.05) is 0 Å². The van der Waals surface area contributed by atoms with E-state index in [0.717, 1.165) is 31.6 Å². The Balaban J connectivity index is 1.44. The van der Waals surface area contributed by atoms with E-state index in [4.69, 9.17) is 0 Å². The van der Waals surface area contributed by atoms with Crippen molar-refractivity contribution in [2.24, 2.45) is 0 Å². The summed E-state index contributed by atoms with van der Waals surface area (Å²) in [4.78, 5) is 16.0. The van der Waals surface area contributed by atoms with Crippen molar-refractivity contribution in [3.05, 3.63) is 11.6 Å². The average molecular weight is 249 g/mol. The van der Waals surface area contributed by atoms with E-state index in [-0.39, 0.29) is 11.7 Å². The Bertz CT molecular complexity index is 420. The van der Waals surface area contributed by atoms with E-state index >= 15 is 0 Å². The first kappa shape index (κ1) is 11.6. The van der Waals surface area contributed by atoms with Crippen molar-refractivity contribution >= 4 is 5.91 Å². The fraction of sp³-hybridized carbons (Fsp3) is 0.750. The zero-order valence-electron chi connectivity index (χ0n) is 10.4. The first-order valence-corrected chi connectivity index (χ1v) is 6.77. The van der Waals surface area contributed by atoms with Crippen LogP contribution in [-0.4, -0.2) is 40.2 Å². The van der Waals surface area contributed by atoms with E-state index in [0.29, 0.717) is 18.5 Å². The maximum Gasteiger partial charge on any atom is 0.290 e. The molecule has 6 nitrogen and oxygen atoms in total. The number of aromatic nitrogens is 3. The van der Waals surface area contributed by atoms with Crippen LogP contribution in [0.3, 0.4) is 0 Å². The van der Waals surface area contributed by atoms with Gasteiger partial charge >= 0.3 is 0 Å². The molecule has 98 valence electrons. The third-order valence-corrected chi connectivity index (χ3v) is 3.61. The van der Waals surface area contributed by atoms with E-state index in [2.05, 4.69) is 25.8 Å². The van der Waals surface area contributed by atoms with Crippen molar-refractivity contribution in [3.63, 3.8) is 0 Å². The average Bonchev–Trinajstić information content (AvgIpc) is 2.92. The number of hydrogen-bond acceptors (Lipinski definition) is 4. The van der Waals surface area contributed by atoms with Crippen molar-refractivity contribution in [3.8, 4) is 0 Å². The summed E-state index contributed by atoms with van der Waals surface area (Å²) in [6.45, 7) is 1.79. The number of carbonyl (C=O) groups is 1. The van der Waals surface area contributed by atoms with Crippen molar-refractivity contribution in [2.75, 3.05) is 13.1 Å². The molecule has 3 N–H and O–H groups in total. The van der Waals surface area contributed by atoms with Gasteiger partial charge in [-0.2, -0.15) is 0 Å². The van der Waals surface area contributed by atoms with E-state index in [9.17, 15) is 4.79 Å². The van der Waals surface area contributed by atoms with Crippen LogP contribution in [-0.2, 0) is 0 Å². The molecule has 1 aliphatic heterocycles. The van der Waals surface area contributed by atoms with E-state index in [1.165, 1.54) is 12.8 Å². The summed E-state index contributed by atoms with van der Waals surface area (Å²) >= 11 is 0. The topological polar surface area (TPSA) is 82.7 Å².